The lowest BCUT2D eigenvalue weighted by Crippen LogP contribution is -2.15. The molecule has 0 spiro atoms. The molecular weight excluding hydrogens is 408 g/mol. The van der Waals surface area contributed by atoms with E-state index in [0.29, 0.717) is 22.7 Å². The molecule has 0 aliphatic carbocycles. The van der Waals surface area contributed by atoms with Crippen molar-refractivity contribution in [2.45, 2.75) is 6.42 Å². The summed E-state index contributed by atoms with van der Waals surface area (Å²) in [5.41, 5.74) is 1.23. The maximum atomic E-state index is 12.5. The predicted molar refractivity (Wildman–Crippen MR) is 113 cm³/mol. The maximum absolute atomic E-state index is 12.5. The second-order valence-electron chi connectivity index (χ2n) is 6.42. The van der Waals surface area contributed by atoms with Crippen LogP contribution in [0.25, 0.3) is 11.0 Å². The van der Waals surface area contributed by atoms with Gasteiger partial charge in [-0.3, -0.25) is 19.4 Å². The topological polar surface area (TPSA) is 122 Å². The summed E-state index contributed by atoms with van der Waals surface area (Å²) in [7, 11) is 1.45. The Morgan fingerprint density at radius 1 is 1.20 bits per heavy atom. The Labute approximate surface area is 173 Å². The number of nitrogens with one attached hydrogen (secondary N) is 2. The van der Waals surface area contributed by atoms with E-state index in [4.69, 9.17) is 9.15 Å². The minimum atomic E-state index is -0.564. The SMILES string of the molecule is COc1cccc2oc(C(=O)Nc3ccc(Cc4sc(=O)[nH]c4O)cc3)cc(=O)c12. The number of aromatic amines is 1. The van der Waals surface area contributed by atoms with Crippen LogP contribution < -0.4 is 20.4 Å². The number of H-pyrrole nitrogens is 1. The third-order valence-corrected chi connectivity index (χ3v) is 5.31. The highest BCUT2D eigenvalue weighted by Gasteiger charge is 2.15. The van der Waals surface area contributed by atoms with Gasteiger partial charge in [-0.15, -0.1) is 0 Å². The van der Waals surface area contributed by atoms with E-state index < -0.39 is 5.91 Å². The molecule has 0 bridgehead atoms. The quantitative estimate of drug-likeness (QED) is 0.453. The number of amides is 1. The van der Waals surface area contributed by atoms with Crippen molar-refractivity contribution in [2.75, 3.05) is 12.4 Å². The van der Waals surface area contributed by atoms with Gasteiger partial charge in [-0.05, 0) is 29.8 Å². The van der Waals surface area contributed by atoms with Crippen molar-refractivity contribution in [3.8, 4) is 11.6 Å². The molecule has 152 valence electrons. The second-order valence-corrected chi connectivity index (χ2v) is 7.49. The van der Waals surface area contributed by atoms with Crippen LogP contribution in [0.5, 0.6) is 11.6 Å². The Hall–Kier alpha value is -3.85. The number of ether oxygens (including phenoxy) is 1. The van der Waals surface area contributed by atoms with Crippen LogP contribution in [-0.4, -0.2) is 23.1 Å². The molecule has 1 amide bonds. The zero-order valence-electron chi connectivity index (χ0n) is 15.7. The number of thiazole rings is 1. The Balaban J connectivity index is 1.53. The van der Waals surface area contributed by atoms with Crippen molar-refractivity contribution in [3.05, 3.63) is 84.6 Å². The number of methoxy groups -OCH3 is 1. The third kappa shape index (κ3) is 3.83. The van der Waals surface area contributed by atoms with Crippen molar-refractivity contribution < 1.29 is 19.1 Å². The van der Waals surface area contributed by atoms with Gasteiger partial charge < -0.3 is 19.6 Å². The van der Waals surface area contributed by atoms with Crippen LogP contribution in [0.2, 0.25) is 0 Å². The lowest BCUT2D eigenvalue weighted by Gasteiger charge is -2.08. The maximum Gasteiger partial charge on any atom is 0.307 e. The van der Waals surface area contributed by atoms with Gasteiger partial charge in [0.2, 0.25) is 5.88 Å². The molecule has 3 N–H and O–H groups in total. The van der Waals surface area contributed by atoms with Gasteiger partial charge in [0, 0.05) is 18.2 Å². The first-order chi connectivity index (χ1) is 14.4. The molecule has 2 heterocycles. The van der Waals surface area contributed by atoms with Gasteiger partial charge in [0.15, 0.2) is 11.2 Å². The van der Waals surface area contributed by atoms with Crippen LogP contribution in [0, 0.1) is 0 Å². The number of carbonyl (C=O) groups is 1. The molecule has 8 nitrogen and oxygen atoms in total. The molecule has 0 unspecified atom stereocenters. The molecule has 0 fully saturated rings. The molecular formula is C21H16N2O6S. The number of aromatic hydroxyl groups is 1. The predicted octanol–water partition coefficient (Wildman–Crippen LogP) is 3.10. The van der Waals surface area contributed by atoms with Crippen molar-refractivity contribution in [1.29, 1.82) is 0 Å². The molecule has 0 saturated carbocycles. The summed E-state index contributed by atoms with van der Waals surface area (Å²) in [6.45, 7) is 0. The summed E-state index contributed by atoms with van der Waals surface area (Å²) in [5, 5.41) is 12.6. The standard InChI is InChI=1S/C21H16N2O6S/c1-28-14-3-2-4-15-18(14)13(24)10-16(29-15)19(25)22-12-7-5-11(6-8-12)9-17-20(26)23-21(27)30-17/h2-8,10,26H,9H2,1H3,(H,22,25)(H,23,27). The molecule has 4 aromatic rings. The Morgan fingerprint density at radius 3 is 2.63 bits per heavy atom. The third-order valence-electron chi connectivity index (χ3n) is 4.44. The van der Waals surface area contributed by atoms with E-state index in [1.54, 1.807) is 42.5 Å². The normalized spacial score (nSPS) is 10.8. The molecule has 0 radical (unpaired) electrons. The summed E-state index contributed by atoms with van der Waals surface area (Å²) < 4.78 is 10.8. The fourth-order valence-corrected chi connectivity index (χ4v) is 3.77. The fourth-order valence-electron chi connectivity index (χ4n) is 3.02. The zero-order chi connectivity index (χ0) is 21.3. The van der Waals surface area contributed by atoms with E-state index in [0.717, 1.165) is 23.0 Å². The number of fused-ring (bicyclic) bond motifs is 1. The highest BCUT2D eigenvalue weighted by molar-refractivity contribution is 7.09. The van der Waals surface area contributed by atoms with Crippen LogP contribution in [0.1, 0.15) is 21.0 Å². The first-order valence-corrected chi connectivity index (χ1v) is 9.68. The first-order valence-electron chi connectivity index (χ1n) is 8.86. The number of hydrogen-bond acceptors (Lipinski definition) is 7. The van der Waals surface area contributed by atoms with Crippen LogP contribution >= 0.6 is 11.3 Å². The zero-order valence-corrected chi connectivity index (χ0v) is 16.5. The largest absolute Gasteiger partial charge is 0.496 e. The van der Waals surface area contributed by atoms with Gasteiger partial charge in [-0.1, -0.05) is 29.5 Å². The minimum Gasteiger partial charge on any atom is -0.496 e. The minimum absolute atomic E-state index is 0.119. The molecule has 30 heavy (non-hydrogen) atoms. The lowest BCUT2D eigenvalue weighted by molar-refractivity contribution is 0.0997. The molecule has 4 rings (SSSR count). The summed E-state index contributed by atoms with van der Waals surface area (Å²) in [6, 6.07) is 12.9. The summed E-state index contributed by atoms with van der Waals surface area (Å²) in [5.74, 6) is -0.439. The first kappa shape index (κ1) is 19.5. The van der Waals surface area contributed by atoms with Crippen LogP contribution in [0.15, 0.2) is 62.5 Å². The highest BCUT2D eigenvalue weighted by atomic mass is 32.1. The average Bonchev–Trinajstić information content (AvgIpc) is 3.05. The molecule has 0 saturated heterocycles. The Morgan fingerprint density at radius 2 is 1.97 bits per heavy atom. The number of carbonyl (C=O) groups excluding carboxylic acids is 1. The Kier molecular flexibility index (Phi) is 5.11. The van der Waals surface area contributed by atoms with Gasteiger partial charge in [0.1, 0.15) is 16.7 Å². The van der Waals surface area contributed by atoms with E-state index in [1.807, 2.05) is 0 Å². The van der Waals surface area contributed by atoms with Crippen LogP contribution in [0.4, 0.5) is 5.69 Å². The van der Waals surface area contributed by atoms with Crippen molar-refractivity contribution in [3.63, 3.8) is 0 Å². The van der Waals surface area contributed by atoms with Crippen molar-refractivity contribution >= 4 is 33.9 Å². The summed E-state index contributed by atoms with van der Waals surface area (Å²) in [4.78, 5) is 38.8. The number of benzene rings is 2. The molecule has 2 aromatic heterocycles. The number of rotatable bonds is 5. The van der Waals surface area contributed by atoms with Crippen molar-refractivity contribution in [1.82, 2.24) is 4.98 Å². The molecule has 0 atom stereocenters. The Bertz CT molecular complexity index is 1350. The van der Waals surface area contributed by atoms with Gasteiger partial charge in [-0.25, -0.2) is 0 Å². The van der Waals surface area contributed by atoms with Gasteiger partial charge in [-0.2, -0.15) is 0 Å². The number of anilines is 1. The van der Waals surface area contributed by atoms with E-state index in [9.17, 15) is 19.5 Å². The molecule has 0 aliphatic heterocycles. The fraction of sp³-hybridized carbons (Fsp3) is 0.0952. The molecule has 0 aliphatic rings. The highest BCUT2D eigenvalue weighted by Crippen LogP contribution is 2.24. The van der Waals surface area contributed by atoms with E-state index in [1.165, 1.54) is 7.11 Å². The average molecular weight is 424 g/mol. The van der Waals surface area contributed by atoms with Crippen molar-refractivity contribution in [2.24, 2.45) is 0 Å². The van der Waals surface area contributed by atoms with E-state index in [2.05, 4.69) is 10.3 Å². The summed E-state index contributed by atoms with van der Waals surface area (Å²) in [6.07, 6.45) is 0.380. The number of hydrogen-bond donors (Lipinski definition) is 3. The molecule has 9 heteroatoms. The van der Waals surface area contributed by atoms with Crippen LogP contribution in [-0.2, 0) is 6.42 Å². The summed E-state index contributed by atoms with van der Waals surface area (Å²) >= 11 is 0.944. The van der Waals surface area contributed by atoms with Gasteiger partial charge in [0.05, 0.1) is 12.0 Å². The van der Waals surface area contributed by atoms with E-state index in [-0.39, 0.29) is 32.9 Å². The van der Waals surface area contributed by atoms with E-state index >= 15 is 0 Å². The monoisotopic (exact) mass is 424 g/mol. The number of aromatic nitrogens is 1. The molecule has 2 aromatic carbocycles. The lowest BCUT2D eigenvalue weighted by atomic mass is 10.1. The van der Waals surface area contributed by atoms with Gasteiger partial charge >= 0.3 is 4.87 Å². The second kappa shape index (κ2) is 7.88. The van der Waals surface area contributed by atoms with Gasteiger partial charge in [0.25, 0.3) is 5.91 Å². The van der Waals surface area contributed by atoms with Crippen LogP contribution in [0.3, 0.4) is 0 Å². The smallest absolute Gasteiger partial charge is 0.307 e.